The van der Waals surface area contributed by atoms with Crippen LogP contribution in [-0.4, -0.2) is 0 Å². The summed E-state index contributed by atoms with van der Waals surface area (Å²) >= 11 is 0. The van der Waals surface area contributed by atoms with Gasteiger partial charge in [-0.05, 0) is 18.8 Å². The maximum absolute atomic E-state index is 2.34. The second-order valence-electron chi connectivity index (χ2n) is 2.98. The SMILES string of the molecule is CCCC=C[C@H](C)CCC. The van der Waals surface area contributed by atoms with Crippen LogP contribution in [0.1, 0.15) is 46.5 Å². The smallest absolute Gasteiger partial charge is 0.0262 e. The maximum atomic E-state index is 2.34. The van der Waals surface area contributed by atoms with Crippen molar-refractivity contribution in [2.45, 2.75) is 46.5 Å². The number of hydrogen-bond acceptors (Lipinski definition) is 0. The molecule has 0 fully saturated rings. The van der Waals surface area contributed by atoms with Gasteiger partial charge in [-0.2, -0.15) is 0 Å². The molecular formula is C10H20. The molecule has 0 aliphatic heterocycles. The molecule has 10 heavy (non-hydrogen) atoms. The van der Waals surface area contributed by atoms with Gasteiger partial charge in [0.1, 0.15) is 0 Å². The first-order chi connectivity index (χ1) is 4.81. The lowest BCUT2D eigenvalue weighted by Crippen LogP contribution is -1.86. The fourth-order valence-electron chi connectivity index (χ4n) is 1.05. The normalized spacial score (nSPS) is 14.3. The van der Waals surface area contributed by atoms with Gasteiger partial charge < -0.3 is 0 Å². The molecule has 0 rings (SSSR count). The standard InChI is InChI=1S/C10H20/c1-4-6-7-9-10(3)8-5-2/h7,9-10H,4-6,8H2,1-3H3/t10-/m1/s1. The first kappa shape index (κ1) is 9.74. The van der Waals surface area contributed by atoms with E-state index in [4.69, 9.17) is 0 Å². The minimum Gasteiger partial charge on any atom is -0.0883 e. The molecule has 1 atom stereocenters. The molecule has 0 nitrogen and oxygen atoms in total. The van der Waals surface area contributed by atoms with Crippen LogP contribution in [0.2, 0.25) is 0 Å². The Hall–Kier alpha value is -0.260. The maximum Gasteiger partial charge on any atom is -0.0262 e. The van der Waals surface area contributed by atoms with Crippen molar-refractivity contribution in [3.8, 4) is 0 Å². The summed E-state index contributed by atoms with van der Waals surface area (Å²) in [6, 6.07) is 0. The molecule has 0 aromatic carbocycles. The van der Waals surface area contributed by atoms with Crippen LogP contribution in [0.25, 0.3) is 0 Å². The zero-order valence-corrected chi connectivity index (χ0v) is 7.56. The Kier molecular flexibility index (Phi) is 6.68. The topological polar surface area (TPSA) is 0 Å². The highest BCUT2D eigenvalue weighted by molar-refractivity contribution is 4.85. The van der Waals surface area contributed by atoms with Gasteiger partial charge in [-0.1, -0.05) is 45.8 Å². The summed E-state index contributed by atoms with van der Waals surface area (Å²) in [6.45, 7) is 6.74. The first-order valence-corrected chi connectivity index (χ1v) is 4.47. The van der Waals surface area contributed by atoms with E-state index < -0.39 is 0 Å². The zero-order valence-electron chi connectivity index (χ0n) is 7.56. The minimum absolute atomic E-state index is 0.788. The van der Waals surface area contributed by atoms with E-state index in [1.165, 1.54) is 25.7 Å². The molecule has 0 aromatic heterocycles. The second kappa shape index (κ2) is 6.85. The third-order valence-electron chi connectivity index (χ3n) is 1.66. The monoisotopic (exact) mass is 140 g/mol. The van der Waals surface area contributed by atoms with Gasteiger partial charge in [0, 0.05) is 0 Å². The molecular weight excluding hydrogens is 120 g/mol. The van der Waals surface area contributed by atoms with E-state index in [0.29, 0.717) is 0 Å². The summed E-state index contributed by atoms with van der Waals surface area (Å²) in [5, 5.41) is 0. The zero-order chi connectivity index (χ0) is 7.82. The molecule has 0 aromatic rings. The molecule has 0 radical (unpaired) electrons. The Morgan fingerprint density at radius 1 is 1.20 bits per heavy atom. The van der Waals surface area contributed by atoms with Crippen molar-refractivity contribution in [2.24, 2.45) is 5.92 Å². The molecule has 0 unspecified atom stereocenters. The fraction of sp³-hybridized carbons (Fsp3) is 0.800. The van der Waals surface area contributed by atoms with Crippen LogP contribution in [0.4, 0.5) is 0 Å². The Morgan fingerprint density at radius 3 is 2.40 bits per heavy atom. The summed E-state index contributed by atoms with van der Waals surface area (Å²) in [4.78, 5) is 0. The van der Waals surface area contributed by atoms with Crippen LogP contribution in [0.3, 0.4) is 0 Å². The molecule has 0 aliphatic carbocycles. The van der Waals surface area contributed by atoms with Crippen molar-refractivity contribution >= 4 is 0 Å². The van der Waals surface area contributed by atoms with Gasteiger partial charge in [0.05, 0.1) is 0 Å². The van der Waals surface area contributed by atoms with Crippen LogP contribution in [-0.2, 0) is 0 Å². The van der Waals surface area contributed by atoms with Crippen LogP contribution in [0, 0.1) is 5.92 Å². The number of hydrogen-bond donors (Lipinski definition) is 0. The molecule has 60 valence electrons. The van der Waals surface area contributed by atoms with Gasteiger partial charge in [-0.15, -0.1) is 0 Å². The van der Waals surface area contributed by atoms with E-state index in [9.17, 15) is 0 Å². The molecule has 0 heterocycles. The minimum atomic E-state index is 0.788. The van der Waals surface area contributed by atoms with Gasteiger partial charge >= 0.3 is 0 Å². The van der Waals surface area contributed by atoms with Crippen molar-refractivity contribution in [3.05, 3.63) is 12.2 Å². The van der Waals surface area contributed by atoms with E-state index in [1.807, 2.05) is 0 Å². The Morgan fingerprint density at radius 2 is 1.90 bits per heavy atom. The highest BCUT2D eigenvalue weighted by Crippen LogP contribution is 2.06. The van der Waals surface area contributed by atoms with Gasteiger partial charge in [0.25, 0.3) is 0 Å². The van der Waals surface area contributed by atoms with Crippen molar-refractivity contribution in [1.29, 1.82) is 0 Å². The van der Waals surface area contributed by atoms with Crippen molar-refractivity contribution in [3.63, 3.8) is 0 Å². The number of rotatable bonds is 5. The third kappa shape index (κ3) is 5.87. The molecule has 0 spiro atoms. The lowest BCUT2D eigenvalue weighted by atomic mass is 10.1. The average molecular weight is 140 g/mol. The number of allylic oxidation sites excluding steroid dienone is 2. The largest absolute Gasteiger partial charge is 0.0883 e. The molecule has 0 bridgehead atoms. The van der Waals surface area contributed by atoms with Crippen molar-refractivity contribution in [2.75, 3.05) is 0 Å². The van der Waals surface area contributed by atoms with E-state index in [1.54, 1.807) is 0 Å². The first-order valence-electron chi connectivity index (χ1n) is 4.47. The van der Waals surface area contributed by atoms with Crippen LogP contribution in [0.15, 0.2) is 12.2 Å². The van der Waals surface area contributed by atoms with Crippen molar-refractivity contribution in [1.82, 2.24) is 0 Å². The summed E-state index contributed by atoms with van der Waals surface area (Å²) in [7, 11) is 0. The predicted molar refractivity (Wildman–Crippen MR) is 48.1 cm³/mol. The molecule has 0 amide bonds. The molecule has 0 N–H and O–H groups in total. The van der Waals surface area contributed by atoms with E-state index in [0.717, 1.165) is 5.92 Å². The van der Waals surface area contributed by atoms with Crippen LogP contribution in [0.5, 0.6) is 0 Å². The average Bonchev–Trinajstić information content (AvgIpc) is 1.89. The highest BCUT2D eigenvalue weighted by Gasteiger charge is 1.91. The molecule has 0 heteroatoms. The second-order valence-corrected chi connectivity index (χ2v) is 2.98. The molecule has 0 saturated carbocycles. The summed E-state index contributed by atoms with van der Waals surface area (Å²) in [5.74, 6) is 0.788. The summed E-state index contributed by atoms with van der Waals surface area (Å²) < 4.78 is 0. The fourth-order valence-corrected chi connectivity index (χ4v) is 1.05. The van der Waals surface area contributed by atoms with Crippen LogP contribution < -0.4 is 0 Å². The quantitative estimate of drug-likeness (QED) is 0.510. The van der Waals surface area contributed by atoms with Crippen molar-refractivity contribution < 1.29 is 0 Å². The van der Waals surface area contributed by atoms with Gasteiger partial charge in [-0.25, -0.2) is 0 Å². The van der Waals surface area contributed by atoms with Gasteiger partial charge in [-0.3, -0.25) is 0 Å². The lowest BCUT2D eigenvalue weighted by Gasteiger charge is -2.01. The van der Waals surface area contributed by atoms with Gasteiger partial charge in [0.15, 0.2) is 0 Å². The third-order valence-corrected chi connectivity index (χ3v) is 1.66. The van der Waals surface area contributed by atoms with E-state index in [2.05, 4.69) is 32.9 Å². The van der Waals surface area contributed by atoms with Gasteiger partial charge in [0.2, 0.25) is 0 Å². The lowest BCUT2D eigenvalue weighted by molar-refractivity contribution is 0.631. The highest BCUT2D eigenvalue weighted by atomic mass is 14.0. The molecule has 0 aliphatic rings. The number of unbranched alkanes of at least 4 members (excludes halogenated alkanes) is 1. The predicted octanol–water partition coefficient (Wildman–Crippen LogP) is 3.78. The van der Waals surface area contributed by atoms with E-state index in [-0.39, 0.29) is 0 Å². The molecule has 0 saturated heterocycles. The summed E-state index contributed by atoms with van der Waals surface area (Å²) in [6.07, 6.45) is 9.80. The summed E-state index contributed by atoms with van der Waals surface area (Å²) in [5.41, 5.74) is 0. The van der Waals surface area contributed by atoms with E-state index >= 15 is 0 Å². The Bertz CT molecular complexity index is 82.0. The van der Waals surface area contributed by atoms with Crippen LogP contribution >= 0.6 is 0 Å². The Balaban J connectivity index is 3.26. The Labute approximate surface area is 65.3 Å².